The van der Waals surface area contributed by atoms with Crippen LogP contribution in [-0.4, -0.2) is 20.2 Å². The molecule has 0 heterocycles. The van der Waals surface area contributed by atoms with E-state index in [1.807, 2.05) is 0 Å². The number of rotatable bonds is 3. The summed E-state index contributed by atoms with van der Waals surface area (Å²) in [5.74, 6) is -1.04. The molecule has 0 atom stereocenters. The predicted octanol–water partition coefficient (Wildman–Crippen LogP) is 0.409. The molecule has 2 amide bonds. The average molecular weight is 319 g/mol. The van der Waals surface area contributed by atoms with Crippen LogP contribution in [-0.2, 0) is 10.0 Å². The number of primary sulfonamides is 1. The number of hydrogen-bond acceptors (Lipinski definition) is 4. The first kappa shape index (κ1) is 15.7. The molecule has 0 aliphatic heterocycles. The molecule has 114 valence electrons. The number of carbonyl (C=O) groups is 2. The van der Waals surface area contributed by atoms with Crippen molar-refractivity contribution in [3.63, 3.8) is 0 Å². The highest BCUT2D eigenvalue weighted by Gasteiger charge is 2.11. The topological polar surface area (TPSA) is 118 Å². The van der Waals surface area contributed by atoms with Crippen molar-refractivity contribution in [2.24, 2.45) is 5.14 Å². The smallest absolute Gasteiger partial charge is 0.267 e. The molecule has 8 heteroatoms. The highest BCUT2D eigenvalue weighted by molar-refractivity contribution is 7.89. The standard InChI is InChI=1S/C14H13N3O4S/c15-22(20,21)12-8-6-11(7-9-12)14(19)17-16-13(18)10-4-2-1-3-5-10/h1-9H,(H,16,18)(H,17,19)(H2,15,20,21). The summed E-state index contributed by atoms with van der Waals surface area (Å²) in [4.78, 5) is 23.5. The van der Waals surface area contributed by atoms with Crippen molar-refractivity contribution >= 4 is 21.8 Å². The van der Waals surface area contributed by atoms with Gasteiger partial charge in [0, 0.05) is 11.1 Å². The lowest BCUT2D eigenvalue weighted by atomic mass is 10.2. The van der Waals surface area contributed by atoms with Crippen molar-refractivity contribution in [3.05, 3.63) is 65.7 Å². The second-order valence-corrected chi connectivity index (χ2v) is 5.91. The largest absolute Gasteiger partial charge is 0.269 e. The lowest BCUT2D eigenvalue weighted by Crippen LogP contribution is -2.41. The Bertz CT molecular complexity index is 787. The van der Waals surface area contributed by atoms with E-state index in [1.54, 1.807) is 30.3 Å². The second-order valence-electron chi connectivity index (χ2n) is 4.34. The molecule has 0 saturated carbocycles. The Labute approximate surface area is 127 Å². The molecule has 0 fully saturated rings. The van der Waals surface area contributed by atoms with Crippen molar-refractivity contribution in [3.8, 4) is 0 Å². The highest BCUT2D eigenvalue weighted by Crippen LogP contribution is 2.08. The van der Waals surface area contributed by atoms with E-state index in [1.165, 1.54) is 24.3 Å². The first-order valence-corrected chi connectivity index (χ1v) is 7.71. The SMILES string of the molecule is NS(=O)(=O)c1ccc(C(=O)NNC(=O)c2ccccc2)cc1. The summed E-state index contributed by atoms with van der Waals surface area (Å²) in [7, 11) is -3.81. The summed E-state index contributed by atoms with van der Waals surface area (Å²) in [6.45, 7) is 0. The minimum atomic E-state index is -3.81. The molecule has 0 unspecified atom stereocenters. The van der Waals surface area contributed by atoms with Crippen LogP contribution in [0.3, 0.4) is 0 Å². The monoisotopic (exact) mass is 319 g/mol. The average Bonchev–Trinajstić information content (AvgIpc) is 2.52. The van der Waals surface area contributed by atoms with E-state index in [9.17, 15) is 18.0 Å². The predicted molar refractivity (Wildman–Crippen MR) is 79.2 cm³/mol. The van der Waals surface area contributed by atoms with Crippen LogP contribution in [0.4, 0.5) is 0 Å². The van der Waals surface area contributed by atoms with Crippen molar-refractivity contribution < 1.29 is 18.0 Å². The van der Waals surface area contributed by atoms with Gasteiger partial charge in [0.15, 0.2) is 0 Å². The van der Waals surface area contributed by atoms with Crippen LogP contribution in [0, 0.1) is 0 Å². The number of hydrogen-bond donors (Lipinski definition) is 3. The van der Waals surface area contributed by atoms with Crippen LogP contribution in [0.2, 0.25) is 0 Å². The van der Waals surface area contributed by atoms with Crippen molar-refractivity contribution in [2.75, 3.05) is 0 Å². The number of hydrazine groups is 1. The Balaban J connectivity index is 2.00. The van der Waals surface area contributed by atoms with Crippen LogP contribution >= 0.6 is 0 Å². The molecular weight excluding hydrogens is 306 g/mol. The van der Waals surface area contributed by atoms with E-state index in [-0.39, 0.29) is 10.5 Å². The molecule has 22 heavy (non-hydrogen) atoms. The first-order valence-electron chi connectivity index (χ1n) is 6.16. The molecular formula is C14H13N3O4S. The fourth-order valence-electron chi connectivity index (χ4n) is 1.64. The van der Waals surface area contributed by atoms with Crippen LogP contribution < -0.4 is 16.0 Å². The van der Waals surface area contributed by atoms with Crippen LogP contribution in [0.15, 0.2) is 59.5 Å². The molecule has 0 saturated heterocycles. The fourth-order valence-corrected chi connectivity index (χ4v) is 2.16. The van der Waals surface area contributed by atoms with Crippen molar-refractivity contribution in [1.82, 2.24) is 10.9 Å². The maximum atomic E-state index is 11.8. The van der Waals surface area contributed by atoms with E-state index in [0.29, 0.717) is 5.56 Å². The van der Waals surface area contributed by atoms with E-state index in [0.717, 1.165) is 0 Å². The third-order valence-electron chi connectivity index (χ3n) is 2.77. The van der Waals surface area contributed by atoms with Crippen LogP contribution in [0.1, 0.15) is 20.7 Å². The molecule has 0 radical (unpaired) electrons. The molecule has 7 nitrogen and oxygen atoms in total. The van der Waals surface area contributed by atoms with Gasteiger partial charge in [0.25, 0.3) is 11.8 Å². The number of amides is 2. The van der Waals surface area contributed by atoms with E-state index in [4.69, 9.17) is 5.14 Å². The highest BCUT2D eigenvalue weighted by atomic mass is 32.2. The minimum Gasteiger partial charge on any atom is -0.267 e. The van der Waals surface area contributed by atoms with Gasteiger partial charge in [0.1, 0.15) is 0 Å². The Morgan fingerprint density at radius 1 is 0.773 bits per heavy atom. The van der Waals surface area contributed by atoms with Crippen molar-refractivity contribution in [2.45, 2.75) is 4.90 Å². The molecule has 4 N–H and O–H groups in total. The molecule has 0 spiro atoms. The van der Waals surface area contributed by atoms with Gasteiger partial charge in [-0.05, 0) is 36.4 Å². The molecule has 0 aliphatic carbocycles. The number of sulfonamides is 1. The molecule has 2 aromatic carbocycles. The van der Waals surface area contributed by atoms with Gasteiger partial charge >= 0.3 is 0 Å². The number of nitrogens with one attached hydrogen (secondary N) is 2. The summed E-state index contributed by atoms with van der Waals surface area (Å²) in [6, 6.07) is 13.4. The van der Waals surface area contributed by atoms with Crippen molar-refractivity contribution in [1.29, 1.82) is 0 Å². The van der Waals surface area contributed by atoms with Gasteiger partial charge in [-0.15, -0.1) is 0 Å². The fraction of sp³-hybridized carbons (Fsp3) is 0. The Morgan fingerprint density at radius 3 is 1.68 bits per heavy atom. The van der Waals surface area contributed by atoms with E-state index in [2.05, 4.69) is 10.9 Å². The molecule has 0 aliphatic rings. The Hall–Kier alpha value is -2.71. The zero-order valence-corrected chi connectivity index (χ0v) is 12.1. The molecule has 0 bridgehead atoms. The first-order chi connectivity index (χ1) is 10.4. The third kappa shape index (κ3) is 3.90. The summed E-state index contributed by atoms with van der Waals surface area (Å²) in [5, 5.41) is 4.96. The lowest BCUT2D eigenvalue weighted by Gasteiger charge is -2.07. The van der Waals surface area contributed by atoms with Gasteiger partial charge in [-0.25, -0.2) is 13.6 Å². The van der Waals surface area contributed by atoms with Gasteiger partial charge in [-0.3, -0.25) is 20.4 Å². The molecule has 2 rings (SSSR count). The molecule has 2 aromatic rings. The van der Waals surface area contributed by atoms with Gasteiger partial charge in [-0.1, -0.05) is 18.2 Å². The summed E-state index contributed by atoms with van der Waals surface area (Å²) in [6.07, 6.45) is 0. The number of carbonyl (C=O) groups excluding carboxylic acids is 2. The number of nitrogens with two attached hydrogens (primary N) is 1. The minimum absolute atomic E-state index is 0.0997. The summed E-state index contributed by atoms with van der Waals surface area (Å²) >= 11 is 0. The quantitative estimate of drug-likeness (QED) is 0.710. The Morgan fingerprint density at radius 2 is 1.23 bits per heavy atom. The second kappa shape index (κ2) is 6.37. The van der Waals surface area contributed by atoms with Gasteiger partial charge in [0.2, 0.25) is 10.0 Å². The zero-order valence-electron chi connectivity index (χ0n) is 11.3. The molecule has 0 aromatic heterocycles. The zero-order chi connectivity index (χ0) is 16.2. The van der Waals surface area contributed by atoms with Gasteiger partial charge < -0.3 is 0 Å². The van der Waals surface area contributed by atoms with Gasteiger partial charge in [0.05, 0.1) is 4.90 Å². The van der Waals surface area contributed by atoms with E-state index < -0.39 is 21.8 Å². The Kier molecular flexibility index (Phi) is 4.54. The third-order valence-corrected chi connectivity index (χ3v) is 3.70. The normalized spacial score (nSPS) is 10.8. The van der Waals surface area contributed by atoms with Crippen LogP contribution in [0.25, 0.3) is 0 Å². The maximum absolute atomic E-state index is 11.8. The summed E-state index contributed by atoms with van der Waals surface area (Å²) in [5.41, 5.74) is 5.07. The van der Waals surface area contributed by atoms with Gasteiger partial charge in [-0.2, -0.15) is 0 Å². The maximum Gasteiger partial charge on any atom is 0.269 e. The lowest BCUT2D eigenvalue weighted by molar-refractivity contribution is 0.0846. The van der Waals surface area contributed by atoms with Crippen LogP contribution in [0.5, 0.6) is 0 Å². The van der Waals surface area contributed by atoms with E-state index >= 15 is 0 Å². The number of benzene rings is 2. The summed E-state index contributed by atoms with van der Waals surface area (Å²) < 4.78 is 22.2.